The number of amides is 1. The summed E-state index contributed by atoms with van der Waals surface area (Å²) >= 11 is 0. The Morgan fingerprint density at radius 2 is 1.89 bits per heavy atom. The zero-order chi connectivity index (χ0) is 14.0. The largest absolute Gasteiger partial charge is 0.352 e. The predicted octanol–water partition coefficient (Wildman–Crippen LogP) is 0.503. The van der Waals surface area contributed by atoms with Gasteiger partial charge in [-0.3, -0.25) is 4.79 Å². The number of aryl methyl sites for hydroxylation is 1. The first-order valence-corrected chi connectivity index (χ1v) is 7.99. The summed E-state index contributed by atoms with van der Waals surface area (Å²) in [5, 5.41) is 2.83. The number of carbonyl (C=O) groups is 1. The molecule has 0 unspecified atom stereocenters. The van der Waals surface area contributed by atoms with Crippen molar-refractivity contribution in [3.63, 3.8) is 0 Å². The van der Waals surface area contributed by atoms with E-state index in [0.717, 1.165) is 11.8 Å². The van der Waals surface area contributed by atoms with Crippen LogP contribution in [-0.4, -0.2) is 38.0 Å². The Morgan fingerprint density at radius 3 is 2.42 bits per heavy atom. The van der Waals surface area contributed by atoms with E-state index in [9.17, 15) is 13.2 Å². The van der Waals surface area contributed by atoms with E-state index in [1.807, 2.05) is 31.2 Å². The summed E-state index contributed by atoms with van der Waals surface area (Å²) in [6.45, 7) is 3.07. The summed E-state index contributed by atoms with van der Waals surface area (Å²) in [5.41, 5.74) is 2.22. The van der Waals surface area contributed by atoms with Crippen molar-refractivity contribution in [2.45, 2.75) is 13.5 Å². The number of rotatable bonds is 4. The van der Waals surface area contributed by atoms with E-state index in [2.05, 4.69) is 5.32 Å². The van der Waals surface area contributed by atoms with Gasteiger partial charge in [0.15, 0.2) is 0 Å². The predicted molar refractivity (Wildman–Crippen MR) is 72.9 cm³/mol. The van der Waals surface area contributed by atoms with Crippen LogP contribution < -0.4 is 5.32 Å². The average Bonchev–Trinajstić information content (AvgIpc) is 2.24. The summed E-state index contributed by atoms with van der Waals surface area (Å²) < 4.78 is 23.7. The second kappa shape index (κ2) is 5.30. The Bertz CT molecular complexity index is 560. The number of nitrogens with one attached hydrogen (secondary N) is 1. The normalized spacial score (nSPS) is 16.9. The maximum atomic E-state index is 11.8. The van der Waals surface area contributed by atoms with Crippen LogP contribution in [0.5, 0.6) is 0 Å². The molecular formula is C13H18N2O3S. The second-order valence-electron chi connectivity index (χ2n) is 4.98. The zero-order valence-corrected chi connectivity index (χ0v) is 11.9. The molecule has 0 bridgehead atoms. The lowest BCUT2D eigenvalue weighted by Gasteiger charge is -2.35. The lowest BCUT2D eigenvalue weighted by molar-refractivity contribution is -0.128. The number of carbonyl (C=O) groups excluding carboxylic acids is 1. The SMILES string of the molecule is Cc1ccc(CNC(=O)C2CN(S(C)(=O)=O)C2)cc1. The van der Waals surface area contributed by atoms with Crippen LogP contribution in [0.3, 0.4) is 0 Å². The smallest absolute Gasteiger partial charge is 0.226 e. The van der Waals surface area contributed by atoms with E-state index in [-0.39, 0.29) is 11.8 Å². The van der Waals surface area contributed by atoms with E-state index >= 15 is 0 Å². The molecule has 0 aliphatic carbocycles. The molecule has 1 N–H and O–H groups in total. The van der Waals surface area contributed by atoms with Crippen LogP contribution in [-0.2, 0) is 21.4 Å². The molecule has 1 aliphatic rings. The Balaban J connectivity index is 1.79. The molecule has 1 fully saturated rings. The van der Waals surface area contributed by atoms with Gasteiger partial charge >= 0.3 is 0 Å². The second-order valence-corrected chi connectivity index (χ2v) is 6.96. The van der Waals surface area contributed by atoms with Crippen LogP contribution in [0.1, 0.15) is 11.1 Å². The van der Waals surface area contributed by atoms with Gasteiger partial charge in [-0.05, 0) is 12.5 Å². The van der Waals surface area contributed by atoms with Crippen molar-refractivity contribution in [1.82, 2.24) is 9.62 Å². The van der Waals surface area contributed by atoms with Gasteiger partial charge in [-0.2, -0.15) is 0 Å². The molecule has 0 saturated carbocycles. The minimum Gasteiger partial charge on any atom is -0.352 e. The molecule has 0 aromatic heterocycles. The molecule has 1 aromatic rings. The molecule has 1 saturated heterocycles. The van der Waals surface area contributed by atoms with Crippen molar-refractivity contribution in [2.75, 3.05) is 19.3 Å². The van der Waals surface area contributed by atoms with Crippen molar-refractivity contribution in [3.8, 4) is 0 Å². The van der Waals surface area contributed by atoms with Crippen LogP contribution in [0.15, 0.2) is 24.3 Å². The highest BCUT2D eigenvalue weighted by Gasteiger charge is 2.37. The van der Waals surface area contributed by atoms with Crippen molar-refractivity contribution in [1.29, 1.82) is 0 Å². The number of sulfonamides is 1. The molecule has 5 nitrogen and oxygen atoms in total. The molecule has 19 heavy (non-hydrogen) atoms. The fourth-order valence-corrected chi connectivity index (χ4v) is 2.82. The van der Waals surface area contributed by atoms with Gasteiger partial charge in [-0.25, -0.2) is 12.7 Å². The maximum Gasteiger partial charge on any atom is 0.226 e. The number of hydrogen-bond acceptors (Lipinski definition) is 3. The summed E-state index contributed by atoms with van der Waals surface area (Å²) in [5.74, 6) is -0.305. The molecule has 0 atom stereocenters. The minimum absolute atomic E-state index is 0.0829. The van der Waals surface area contributed by atoms with Gasteiger partial charge in [0, 0.05) is 19.6 Å². The van der Waals surface area contributed by atoms with Gasteiger partial charge in [-0.1, -0.05) is 29.8 Å². The summed E-state index contributed by atoms with van der Waals surface area (Å²) in [6.07, 6.45) is 1.16. The van der Waals surface area contributed by atoms with Crippen molar-refractivity contribution in [2.24, 2.45) is 5.92 Å². The molecular weight excluding hydrogens is 264 g/mol. The standard InChI is InChI=1S/C13H18N2O3S/c1-10-3-5-11(6-4-10)7-14-13(16)12-8-15(9-12)19(2,17)18/h3-6,12H,7-9H2,1-2H3,(H,14,16). The Labute approximate surface area is 113 Å². The monoisotopic (exact) mass is 282 g/mol. The minimum atomic E-state index is -3.15. The molecule has 1 aliphatic heterocycles. The van der Waals surface area contributed by atoms with Gasteiger partial charge in [-0.15, -0.1) is 0 Å². The molecule has 1 amide bonds. The number of benzene rings is 1. The molecule has 2 rings (SSSR count). The first-order valence-electron chi connectivity index (χ1n) is 6.14. The molecule has 6 heteroatoms. The van der Waals surface area contributed by atoms with E-state index in [4.69, 9.17) is 0 Å². The third-order valence-electron chi connectivity index (χ3n) is 3.28. The van der Waals surface area contributed by atoms with Crippen molar-refractivity contribution in [3.05, 3.63) is 35.4 Å². The van der Waals surface area contributed by atoms with E-state index in [1.54, 1.807) is 0 Å². The van der Waals surface area contributed by atoms with Gasteiger partial charge in [0.1, 0.15) is 0 Å². The van der Waals surface area contributed by atoms with Crippen molar-refractivity contribution >= 4 is 15.9 Å². The number of nitrogens with zero attached hydrogens (tertiary/aromatic N) is 1. The van der Waals surface area contributed by atoms with Crippen LogP contribution in [0, 0.1) is 12.8 Å². The Kier molecular flexibility index (Phi) is 3.91. The van der Waals surface area contributed by atoms with Gasteiger partial charge in [0.2, 0.25) is 15.9 Å². The summed E-state index contributed by atoms with van der Waals surface area (Å²) in [6, 6.07) is 7.94. The first-order chi connectivity index (χ1) is 8.86. The first kappa shape index (κ1) is 14.0. The fraction of sp³-hybridized carbons (Fsp3) is 0.462. The van der Waals surface area contributed by atoms with Gasteiger partial charge in [0.25, 0.3) is 0 Å². The topological polar surface area (TPSA) is 66.5 Å². The average molecular weight is 282 g/mol. The fourth-order valence-electron chi connectivity index (χ4n) is 1.91. The lowest BCUT2D eigenvalue weighted by atomic mass is 10.0. The molecule has 0 spiro atoms. The summed E-state index contributed by atoms with van der Waals surface area (Å²) in [4.78, 5) is 11.8. The van der Waals surface area contributed by atoms with E-state index < -0.39 is 10.0 Å². The van der Waals surface area contributed by atoms with Crippen molar-refractivity contribution < 1.29 is 13.2 Å². The van der Waals surface area contributed by atoms with Crippen LogP contribution in [0.2, 0.25) is 0 Å². The highest BCUT2D eigenvalue weighted by molar-refractivity contribution is 7.88. The third-order valence-corrected chi connectivity index (χ3v) is 4.51. The molecule has 0 radical (unpaired) electrons. The quantitative estimate of drug-likeness (QED) is 0.874. The van der Waals surface area contributed by atoms with Gasteiger partial charge in [0.05, 0.1) is 12.2 Å². The maximum absolute atomic E-state index is 11.8. The van der Waals surface area contributed by atoms with Crippen LogP contribution in [0.25, 0.3) is 0 Å². The molecule has 104 valence electrons. The van der Waals surface area contributed by atoms with Crippen LogP contribution >= 0.6 is 0 Å². The van der Waals surface area contributed by atoms with E-state index in [1.165, 1.54) is 9.87 Å². The van der Waals surface area contributed by atoms with Crippen LogP contribution in [0.4, 0.5) is 0 Å². The molecule has 1 aromatic carbocycles. The van der Waals surface area contributed by atoms with Gasteiger partial charge < -0.3 is 5.32 Å². The highest BCUT2D eigenvalue weighted by Crippen LogP contribution is 2.18. The summed E-state index contributed by atoms with van der Waals surface area (Å²) in [7, 11) is -3.15. The number of hydrogen-bond donors (Lipinski definition) is 1. The highest BCUT2D eigenvalue weighted by atomic mass is 32.2. The lowest BCUT2D eigenvalue weighted by Crippen LogP contribution is -2.55. The third kappa shape index (κ3) is 3.54. The van der Waals surface area contributed by atoms with E-state index in [0.29, 0.717) is 19.6 Å². The zero-order valence-electron chi connectivity index (χ0n) is 11.1. The Morgan fingerprint density at radius 1 is 1.32 bits per heavy atom. The Hall–Kier alpha value is -1.40. The molecule has 1 heterocycles.